The Morgan fingerprint density at radius 3 is 2.42 bits per heavy atom. The lowest BCUT2D eigenvalue weighted by Gasteiger charge is -2.36. The van der Waals surface area contributed by atoms with Gasteiger partial charge in [0.1, 0.15) is 6.54 Å². The lowest BCUT2D eigenvalue weighted by atomic mass is 10.1. The Morgan fingerprint density at radius 2 is 1.64 bits per heavy atom. The van der Waals surface area contributed by atoms with Crippen LogP contribution < -0.4 is 10.5 Å². The van der Waals surface area contributed by atoms with Crippen LogP contribution in [0, 0.1) is 6.92 Å². The number of anilines is 1. The Hall–Kier alpha value is -3.93. The number of nitrogens with zero attached hydrogens (tertiary/aromatic N) is 4. The second-order valence-corrected chi connectivity index (χ2v) is 8.48. The third kappa shape index (κ3) is 4.51. The molecule has 1 aliphatic rings. The molecule has 1 saturated heterocycles. The van der Waals surface area contributed by atoms with Crippen LogP contribution in [0.15, 0.2) is 83.7 Å². The van der Waals surface area contributed by atoms with E-state index in [0.717, 1.165) is 29.4 Å². The molecule has 0 spiro atoms. The van der Waals surface area contributed by atoms with Gasteiger partial charge in [-0.3, -0.25) is 9.59 Å². The summed E-state index contributed by atoms with van der Waals surface area (Å²) in [7, 11) is 0. The fourth-order valence-electron chi connectivity index (χ4n) is 4.33. The van der Waals surface area contributed by atoms with Gasteiger partial charge in [-0.2, -0.15) is 5.10 Å². The van der Waals surface area contributed by atoms with Crippen LogP contribution in [0.1, 0.15) is 5.56 Å². The number of piperazine rings is 1. The first-order valence-corrected chi connectivity index (χ1v) is 11.2. The van der Waals surface area contributed by atoms with E-state index in [0.29, 0.717) is 18.8 Å². The molecule has 2 heterocycles. The number of carbonyl (C=O) groups excluding carboxylic acids is 1. The number of rotatable bonds is 4. The molecule has 6 nitrogen and oxygen atoms in total. The minimum Gasteiger partial charge on any atom is -0.368 e. The molecule has 4 aromatic rings. The second kappa shape index (κ2) is 8.90. The first-order valence-electron chi connectivity index (χ1n) is 11.2. The zero-order valence-corrected chi connectivity index (χ0v) is 18.6. The molecule has 0 radical (unpaired) electrons. The summed E-state index contributed by atoms with van der Waals surface area (Å²) in [6.45, 7) is 4.84. The molecule has 33 heavy (non-hydrogen) atoms. The highest BCUT2D eigenvalue weighted by Gasteiger charge is 2.22. The summed E-state index contributed by atoms with van der Waals surface area (Å²) in [5, 5.41) is 6.76. The molecule has 0 atom stereocenters. The van der Waals surface area contributed by atoms with E-state index < -0.39 is 0 Å². The topological polar surface area (TPSA) is 58.4 Å². The van der Waals surface area contributed by atoms with Gasteiger partial charge in [0.05, 0.1) is 5.69 Å². The van der Waals surface area contributed by atoms with E-state index in [1.165, 1.54) is 22.0 Å². The van der Waals surface area contributed by atoms with Gasteiger partial charge >= 0.3 is 0 Å². The van der Waals surface area contributed by atoms with Gasteiger partial charge in [0.15, 0.2) is 0 Å². The SMILES string of the molecule is Cc1cccc(N2CCN(C(=O)Cn3nc(-c4ccc5ccccc5c4)ccc3=O)CC2)c1. The predicted octanol–water partition coefficient (Wildman–Crippen LogP) is 3.72. The summed E-state index contributed by atoms with van der Waals surface area (Å²) in [5.41, 5.74) is 3.73. The third-order valence-electron chi connectivity index (χ3n) is 6.20. The quantitative estimate of drug-likeness (QED) is 0.487. The summed E-state index contributed by atoms with van der Waals surface area (Å²) >= 11 is 0. The molecule has 0 N–H and O–H groups in total. The molecule has 1 amide bonds. The van der Waals surface area contributed by atoms with E-state index in [4.69, 9.17) is 0 Å². The summed E-state index contributed by atoms with van der Waals surface area (Å²) in [6.07, 6.45) is 0. The van der Waals surface area contributed by atoms with Crippen molar-refractivity contribution in [1.82, 2.24) is 14.7 Å². The molecule has 3 aromatic carbocycles. The van der Waals surface area contributed by atoms with Gasteiger partial charge < -0.3 is 9.80 Å². The van der Waals surface area contributed by atoms with Crippen molar-refractivity contribution in [2.75, 3.05) is 31.1 Å². The molecule has 0 saturated carbocycles. The molecule has 6 heteroatoms. The first kappa shape index (κ1) is 20.9. The van der Waals surface area contributed by atoms with Crippen molar-refractivity contribution in [2.45, 2.75) is 13.5 Å². The Kier molecular flexibility index (Phi) is 5.65. The maximum absolute atomic E-state index is 12.9. The Balaban J connectivity index is 1.29. The summed E-state index contributed by atoms with van der Waals surface area (Å²) in [5.74, 6) is -0.0795. The van der Waals surface area contributed by atoms with Gasteiger partial charge in [-0.1, -0.05) is 48.5 Å². The Labute approximate surface area is 192 Å². The standard InChI is InChI=1S/C27H26N4O2/c1-20-5-4-8-24(17-20)29-13-15-30(16-14-29)27(33)19-31-26(32)12-11-25(28-31)23-10-9-21-6-2-3-7-22(21)18-23/h2-12,17-18H,13-16,19H2,1H3. The Bertz CT molecular complexity index is 1370. The van der Waals surface area contributed by atoms with Gasteiger partial charge in [-0.15, -0.1) is 0 Å². The van der Waals surface area contributed by atoms with E-state index in [2.05, 4.69) is 59.4 Å². The van der Waals surface area contributed by atoms with Gasteiger partial charge in [0, 0.05) is 43.5 Å². The fraction of sp³-hybridized carbons (Fsp3) is 0.222. The van der Waals surface area contributed by atoms with Crippen molar-refractivity contribution in [3.63, 3.8) is 0 Å². The zero-order chi connectivity index (χ0) is 22.8. The van der Waals surface area contributed by atoms with Crippen molar-refractivity contribution in [3.8, 4) is 11.3 Å². The van der Waals surface area contributed by atoms with E-state index in [1.54, 1.807) is 6.07 Å². The van der Waals surface area contributed by atoms with Crippen LogP contribution >= 0.6 is 0 Å². The van der Waals surface area contributed by atoms with Crippen LogP contribution in [-0.4, -0.2) is 46.8 Å². The maximum Gasteiger partial charge on any atom is 0.267 e. The number of aryl methyl sites for hydroxylation is 1. The highest BCUT2D eigenvalue weighted by molar-refractivity contribution is 5.86. The molecular weight excluding hydrogens is 412 g/mol. The number of amides is 1. The highest BCUT2D eigenvalue weighted by Crippen LogP contribution is 2.22. The lowest BCUT2D eigenvalue weighted by molar-refractivity contribution is -0.132. The molecule has 0 unspecified atom stereocenters. The number of carbonyl (C=O) groups is 1. The van der Waals surface area contributed by atoms with Crippen molar-refractivity contribution < 1.29 is 4.79 Å². The normalized spacial score (nSPS) is 14.0. The molecule has 1 aliphatic heterocycles. The number of hydrogen-bond donors (Lipinski definition) is 0. The number of benzene rings is 3. The Morgan fingerprint density at radius 1 is 0.848 bits per heavy atom. The van der Waals surface area contributed by atoms with Crippen LogP contribution in [0.2, 0.25) is 0 Å². The smallest absolute Gasteiger partial charge is 0.267 e. The largest absolute Gasteiger partial charge is 0.368 e. The first-order chi connectivity index (χ1) is 16.1. The number of hydrogen-bond acceptors (Lipinski definition) is 4. The maximum atomic E-state index is 12.9. The van der Waals surface area contributed by atoms with E-state index in [-0.39, 0.29) is 18.0 Å². The number of fused-ring (bicyclic) bond motifs is 1. The number of aromatic nitrogens is 2. The molecular formula is C27H26N4O2. The van der Waals surface area contributed by atoms with Crippen molar-refractivity contribution in [3.05, 3.63) is 94.8 Å². The van der Waals surface area contributed by atoms with Crippen molar-refractivity contribution >= 4 is 22.4 Å². The van der Waals surface area contributed by atoms with E-state index in [9.17, 15) is 9.59 Å². The van der Waals surface area contributed by atoms with Gasteiger partial charge in [-0.25, -0.2) is 4.68 Å². The fourth-order valence-corrected chi connectivity index (χ4v) is 4.33. The lowest BCUT2D eigenvalue weighted by Crippen LogP contribution is -2.50. The van der Waals surface area contributed by atoms with E-state index in [1.807, 2.05) is 29.2 Å². The van der Waals surface area contributed by atoms with Crippen LogP contribution in [0.3, 0.4) is 0 Å². The third-order valence-corrected chi connectivity index (χ3v) is 6.20. The molecule has 1 aromatic heterocycles. The average molecular weight is 439 g/mol. The van der Waals surface area contributed by atoms with Crippen molar-refractivity contribution in [2.24, 2.45) is 0 Å². The molecule has 0 bridgehead atoms. The van der Waals surface area contributed by atoms with Crippen molar-refractivity contribution in [1.29, 1.82) is 0 Å². The highest BCUT2D eigenvalue weighted by atomic mass is 16.2. The average Bonchev–Trinajstić information content (AvgIpc) is 2.85. The molecule has 1 fully saturated rings. The monoisotopic (exact) mass is 438 g/mol. The van der Waals surface area contributed by atoms with Crippen LogP contribution in [0.5, 0.6) is 0 Å². The van der Waals surface area contributed by atoms with Crippen LogP contribution in [-0.2, 0) is 11.3 Å². The van der Waals surface area contributed by atoms with Gasteiger partial charge in [-0.05, 0) is 47.5 Å². The predicted molar refractivity (Wildman–Crippen MR) is 131 cm³/mol. The van der Waals surface area contributed by atoms with Crippen LogP contribution in [0.25, 0.3) is 22.0 Å². The summed E-state index contributed by atoms with van der Waals surface area (Å²) in [6, 6.07) is 25.8. The van der Waals surface area contributed by atoms with Gasteiger partial charge in [0.2, 0.25) is 5.91 Å². The van der Waals surface area contributed by atoms with Gasteiger partial charge in [0.25, 0.3) is 5.56 Å². The molecule has 5 rings (SSSR count). The summed E-state index contributed by atoms with van der Waals surface area (Å²) < 4.78 is 1.28. The van der Waals surface area contributed by atoms with Crippen LogP contribution in [0.4, 0.5) is 5.69 Å². The molecule has 0 aliphatic carbocycles. The minimum atomic E-state index is -0.272. The second-order valence-electron chi connectivity index (χ2n) is 8.48. The van der Waals surface area contributed by atoms with E-state index >= 15 is 0 Å². The zero-order valence-electron chi connectivity index (χ0n) is 18.6. The molecule has 166 valence electrons. The minimum absolute atomic E-state index is 0.0509. The summed E-state index contributed by atoms with van der Waals surface area (Å²) in [4.78, 5) is 29.5.